The third-order valence-corrected chi connectivity index (χ3v) is 4.91. The van der Waals surface area contributed by atoms with Gasteiger partial charge in [0.15, 0.2) is 15.8 Å². The van der Waals surface area contributed by atoms with Gasteiger partial charge < -0.3 is 14.8 Å². The first kappa shape index (κ1) is 21.0. The summed E-state index contributed by atoms with van der Waals surface area (Å²) < 4.78 is 12.0. The van der Waals surface area contributed by atoms with E-state index in [-0.39, 0.29) is 5.75 Å². The minimum atomic E-state index is -0.610. The van der Waals surface area contributed by atoms with Gasteiger partial charge in [-0.1, -0.05) is 36.9 Å². The molecule has 3 amide bonds. The van der Waals surface area contributed by atoms with Crippen LogP contribution >= 0.6 is 23.1 Å². The number of hydrogen-bond acceptors (Lipinski definition) is 8. The monoisotopic (exact) mass is 410 g/mol. The maximum Gasteiger partial charge on any atom is 0.325 e. The SMILES string of the molecule is CCCOc1ccc(NC(=O)NC(=O)CSc2nncs2)cc1OCCC. The lowest BCUT2D eigenvalue weighted by molar-refractivity contribution is -0.117. The summed E-state index contributed by atoms with van der Waals surface area (Å²) in [7, 11) is 0. The van der Waals surface area contributed by atoms with Crippen LogP contribution in [0.1, 0.15) is 26.7 Å². The Hall–Kier alpha value is -2.33. The van der Waals surface area contributed by atoms with Crippen molar-refractivity contribution in [2.45, 2.75) is 31.0 Å². The van der Waals surface area contributed by atoms with Crippen LogP contribution in [-0.4, -0.2) is 41.1 Å². The number of anilines is 1. The predicted octanol–water partition coefficient (Wildman–Crippen LogP) is 3.56. The van der Waals surface area contributed by atoms with Crippen LogP contribution in [0.15, 0.2) is 28.0 Å². The average molecular weight is 411 g/mol. The number of carbonyl (C=O) groups excluding carboxylic acids is 2. The number of amides is 3. The van der Waals surface area contributed by atoms with E-state index in [1.54, 1.807) is 23.7 Å². The molecule has 0 saturated heterocycles. The lowest BCUT2D eigenvalue weighted by Gasteiger charge is -2.14. The number of nitrogens with one attached hydrogen (secondary N) is 2. The molecule has 0 atom stereocenters. The molecule has 2 rings (SSSR count). The molecule has 0 unspecified atom stereocenters. The summed E-state index contributed by atoms with van der Waals surface area (Å²) >= 11 is 2.56. The van der Waals surface area contributed by atoms with Crippen LogP contribution < -0.4 is 20.1 Å². The van der Waals surface area contributed by atoms with Crippen molar-refractivity contribution in [1.82, 2.24) is 15.5 Å². The fourth-order valence-corrected chi connectivity index (χ4v) is 3.21. The Morgan fingerprint density at radius 1 is 1.15 bits per heavy atom. The number of aromatic nitrogens is 2. The van der Waals surface area contributed by atoms with Gasteiger partial charge in [-0.25, -0.2) is 4.79 Å². The van der Waals surface area contributed by atoms with Gasteiger partial charge in [0.1, 0.15) is 5.51 Å². The molecule has 2 aromatic rings. The highest BCUT2D eigenvalue weighted by Crippen LogP contribution is 2.31. The second-order valence-corrected chi connectivity index (χ2v) is 7.41. The van der Waals surface area contributed by atoms with Crippen LogP contribution in [0.4, 0.5) is 10.5 Å². The number of carbonyl (C=O) groups is 2. The number of hydrogen-bond donors (Lipinski definition) is 2. The first-order chi connectivity index (χ1) is 13.1. The maximum atomic E-state index is 12.0. The Balaban J connectivity index is 1.90. The summed E-state index contributed by atoms with van der Waals surface area (Å²) in [5, 5.41) is 12.4. The molecule has 146 valence electrons. The molecular weight excluding hydrogens is 388 g/mol. The summed E-state index contributed by atoms with van der Waals surface area (Å²) in [5.41, 5.74) is 2.09. The quantitative estimate of drug-likeness (QED) is 0.577. The molecule has 1 aromatic carbocycles. The Morgan fingerprint density at radius 2 is 1.89 bits per heavy atom. The van der Waals surface area contributed by atoms with Gasteiger partial charge in [-0.15, -0.1) is 10.2 Å². The highest BCUT2D eigenvalue weighted by Gasteiger charge is 2.12. The van der Waals surface area contributed by atoms with Crippen molar-refractivity contribution >= 4 is 40.7 Å². The second-order valence-electron chi connectivity index (χ2n) is 5.35. The third-order valence-electron chi connectivity index (χ3n) is 3.04. The zero-order chi connectivity index (χ0) is 19.5. The minimum absolute atomic E-state index is 0.0806. The third kappa shape index (κ3) is 7.43. The molecule has 0 aliphatic rings. The Morgan fingerprint density at radius 3 is 2.56 bits per heavy atom. The summed E-state index contributed by atoms with van der Waals surface area (Å²) in [6.07, 6.45) is 1.74. The molecule has 0 spiro atoms. The van der Waals surface area contributed by atoms with E-state index >= 15 is 0 Å². The molecule has 0 radical (unpaired) electrons. The lowest BCUT2D eigenvalue weighted by Crippen LogP contribution is -2.35. The molecule has 0 saturated carbocycles. The van der Waals surface area contributed by atoms with Crippen molar-refractivity contribution in [1.29, 1.82) is 0 Å². The number of urea groups is 1. The molecule has 0 aliphatic carbocycles. The lowest BCUT2D eigenvalue weighted by atomic mass is 10.2. The number of ether oxygens (including phenoxy) is 2. The van der Waals surface area contributed by atoms with Crippen LogP contribution in [0.25, 0.3) is 0 Å². The van der Waals surface area contributed by atoms with Gasteiger partial charge in [0.2, 0.25) is 5.91 Å². The summed E-state index contributed by atoms with van der Waals surface area (Å²) in [5.74, 6) is 0.845. The summed E-state index contributed by atoms with van der Waals surface area (Å²) in [6, 6.07) is 4.51. The predicted molar refractivity (Wildman–Crippen MR) is 106 cm³/mol. The molecule has 0 aliphatic heterocycles. The van der Waals surface area contributed by atoms with E-state index in [4.69, 9.17) is 9.47 Å². The highest BCUT2D eigenvalue weighted by atomic mass is 32.2. The van der Waals surface area contributed by atoms with E-state index in [0.717, 1.165) is 12.8 Å². The number of thioether (sulfide) groups is 1. The van der Waals surface area contributed by atoms with Gasteiger partial charge in [-0.2, -0.15) is 0 Å². The minimum Gasteiger partial charge on any atom is -0.490 e. The molecule has 0 fully saturated rings. The zero-order valence-electron chi connectivity index (χ0n) is 15.2. The number of benzene rings is 1. The molecule has 27 heavy (non-hydrogen) atoms. The number of imide groups is 1. The smallest absolute Gasteiger partial charge is 0.325 e. The van der Waals surface area contributed by atoms with E-state index in [9.17, 15) is 9.59 Å². The highest BCUT2D eigenvalue weighted by molar-refractivity contribution is 8.01. The largest absolute Gasteiger partial charge is 0.490 e. The Bertz CT molecular complexity index is 741. The molecule has 1 heterocycles. The standard InChI is InChI=1S/C17H22N4O4S2/c1-3-7-24-13-6-5-12(9-14(13)25-8-4-2)19-16(23)20-15(22)10-26-17-21-18-11-27-17/h5-6,9,11H,3-4,7-8,10H2,1-2H3,(H2,19,20,22,23). The van der Waals surface area contributed by atoms with Crippen molar-refractivity contribution in [2.75, 3.05) is 24.3 Å². The van der Waals surface area contributed by atoms with Gasteiger partial charge in [0.25, 0.3) is 0 Å². The first-order valence-corrected chi connectivity index (χ1v) is 10.4. The van der Waals surface area contributed by atoms with Gasteiger partial charge in [0, 0.05) is 11.8 Å². The average Bonchev–Trinajstić information content (AvgIpc) is 3.17. The maximum absolute atomic E-state index is 12.0. The molecule has 10 heteroatoms. The van der Waals surface area contributed by atoms with Gasteiger partial charge >= 0.3 is 6.03 Å². The van der Waals surface area contributed by atoms with Crippen LogP contribution in [0.5, 0.6) is 11.5 Å². The van der Waals surface area contributed by atoms with E-state index in [1.807, 2.05) is 13.8 Å². The van der Waals surface area contributed by atoms with Crippen LogP contribution in [-0.2, 0) is 4.79 Å². The van der Waals surface area contributed by atoms with Gasteiger partial charge in [-0.3, -0.25) is 10.1 Å². The van der Waals surface area contributed by atoms with Crippen molar-refractivity contribution in [3.8, 4) is 11.5 Å². The van der Waals surface area contributed by atoms with E-state index < -0.39 is 11.9 Å². The normalized spacial score (nSPS) is 10.3. The van der Waals surface area contributed by atoms with Gasteiger partial charge in [0.05, 0.1) is 19.0 Å². The number of nitrogens with zero attached hydrogens (tertiary/aromatic N) is 2. The Labute approximate surface area is 166 Å². The van der Waals surface area contributed by atoms with Crippen LogP contribution in [0.3, 0.4) is 0 Å². The van der Waals surface area contributed by atoms with Gasteiger partial charge in [-0.05, 0) is 25.0 Å². The fourth-order valence-electron chi connectivity index (χ4n) is 1.92. The van der Waals surface area contributed by atoms with E-state index in [1.165, 1.54) is 23.1 Å². The second kappa shape index (κ2) is 11.4. The first-order valence-electron chi connectivity index (χ1n) is 8.51. The summed E-state index contributed by atoms with van der Waals surface area (Å²) in [4.78, 5) is 23.9. The van der Waals surface area contributed by atoms with Crippen molar-refractivity contribution < 1.29 is 19.1 Å². The number of rotatable bonds is 10. The molecular formula is C17H22N4O4S2. The fraction of sp³-hybridized carbons (Fsp3) is 0.412. The van der Waals surface area contributed by atoms with Crippen LogP contribution in [0, 0.1) is 0 Å². The van der Waals surface area contributed by atoms with Crippen molar-refractivity contribution in [3.05, 3.63) is 23.7 Å². The molecule has 8 nitrogen and oxygen atoms in total. The molecule has 1 aromatic heterocycles. The van der Waals surface area contributed by atoms with E-state index in [2.05, 4.69) is 20.8 Å². The van der Waals surface area contributed by atoms with Crippen LogP contribution in [0.2, 0.25) is 0 Å². The zero-order valence-corrected chi connectivity index (χ0v) is 16.8. The van der Waals surface area contributed by atoms with Crippen molar-refractivity contribution in [2.24, 2.45) is 0 Å². The molecule has 0 bridgehead atoms. The Kier molecular flexibility index (Phi) is 8.85. The van der Waals surface area contributed by atoms with E-state index in [0.29, 0.717) is 34.7 Å². The summed E-state index contributed by atoms with van der Waals surface area (Å²) in [6.45, 7) is 5.15. The topological polar surface area (TPSA) is 102 Å². The van der Waals surface area contributed by atoms with Crippen molar-refractivity contribution in [3.63, 3.8) is 0 Å². The molecule has 2 N–H and O–H groups in total.